The van der Waals surface area contributed by atoms with E-state index in [4.69, 9.17) is 45.3 Å². The Morgan fingerprint density at radius 2 is 1.06 bits per heavy atom. The van der Waals surface area contributed by atoms with E-state index in [9.17, 15) is 49.8 Å². The summed E-state index contributed by atoms with van der Waals surface area (Å²) in [7, 11) is 5.84. The molecule has 2 aromatic carbocycles. The van der Waals surface area contributed by atoms with Gasteiger partial charge in [-0.05, 0) is 83.6 Å². The third-order valence-corrected chi connectivity index (χ3v) is 16.9. The molecule has 24 heteroatoms. The van der Waals surface area contributed by atoms with Crippen LogP contribution in [0, 0.1) is 29.6 Å². The van der Waals surface area contributed by atoms with E-state index in [1.165, 1.54) is 52.7 Å². The summed E-state index contributed by atoms with van der Waals surface area (Å²) in [5.74, 6) is -0.100. The Morgan fingerprint density at radius 1 is 0.644 bits per heavy atom. The number of allylic oxidation sites excluding steroid dienone is 4. The topological polar surface area (TPSA) is 352 Å². The Morgan fingerprint density at radius 3 is 1.44 bits per heavy atom. The van der Waals surface area contributed by atoms with Crippen LogP contribution in [0.4, 0.5) is 27.5 Å². The molecule has 5 rings (SSSR count). The summed E-state index contributed by atoms with van der Waals surface area (Å²) in [4.78, 5) is 70.7. The first-order valence-corrected chi connectivity index (χ1v) is 30.5. The van der Waals surface area contributed by atoms with Gasteiger partial charge in [-0.3, -0.25) is 19.6 Å². The second-order valence-electron chi connectivity index (χ2n) is 23.8. The van der Waals surface area contributed by atoms with Crippen LogP contribution in [0.3, 0.4) is 0 Å². The first-order chi connectivity index (χ1) is 42.8. The molecule has 0 radical (unpaired) electrons. The van der Waals surface area contributed by atoms with Gasteiger partial charge in [-0.2, -0.15) is 5.90 Å². The molecular weight excluding hydrogens is 1160 g/mol. The second kappa shape index (κ2) is 35.4. The zero-order valence-corrected chi connectivity index (χ0v) is 54.1. The quantitative estimate of drug-likeness (QED) is 0.0288. The minimum Gasteiger partial charge on any atom is -0.506 e. The third-order valence-electron chi connectivity index (χ3n) is 16.9. The molecule has 3 aliphatic heterocycles. The molecule has 0 aliphatic carbocycles. The van der Waals surface area contributed by atoms with Crippen molar-refractivity contribution in [1.29, 1.82) is 0 Å². The number of aromatic hydroxyl groups is 4. The van der Waals surface area contributed by atoms with E-state index >= 15 is 0 Å². The lowest BCUT2D eigenvalue weighted by Crippen LogP contribution is -2.46. The standard InChI is InChI=1S/C66H96N8O16/c1-37-29-45-56(49(75)35-47(60(45)79)71-63(81)39(3)17-13-19-51(85-9)55(65(83)90-68)41(5)33-42(6)58(77)53(31-37)87-11)69-21-15-23-73-25-27-74(28-26-73)24-16-22-70-57-46-30-38(2)32-54(88-12)59(78)43(7)34-44(8)62(89-66(67)84)52(86-10)20-14-18-40(4)64(82)72-48(61(46)80)36-50(57)76/h13-14,17-22,33-38,42-43,51-55,58-59,62,75-80H,15-16,23-32,68H2,1-12H3,(H2,67,84)(H,71,81)(H,72,82). The van der Waals surface area contributed by atoms with Crippen LogP contribution in [-0.2, 0) is 55.7 Å². The van der Waals surface area contributed by atoms with Gasteiger partial charge in [-0.25, -0.2) is 9.59 Å². The van der Waals surface area contributed by atoms with Crippen molar-refractivity contribution in [1.82, 2.24) is 9.80 Å². The molecule has 0 saturated carbocycles. The van der Waals surface area contributed by atoms with E-state index in [-0.39, 0.29) is 81.6 Å². The zero-order chi connectivity index (χ0) is 66.5. The summed E-state index contributed by atoms with van der Waals surface area (Å²) in [6, 6.07) is 2.51. The van der Waals surface area contributed by atoms with Crippen LogP contribution in [0.25, 0.3) is 0 Å². The van der Waals surface area contributed by atoms with Gasteiger partial charge in [0.15, 0.2) is 6.10 Å². The van der Waals surface area contributed by atoms with E-state index in [2.05, 4.69) is 25.3 Å². The van der Waals surface area contributed by atoms with Gasteiger partial charge in [0.25, 0.3) is 11.8 Å². The van der Waals surface area contributed by atoms with Crippen molar-refractivity contribution in [3.63, 3.8) is 0 Å². The molecule has 3 aliphatic rings. The van der Waals surface area contributed by atoms with Crippen LogP contribution in [0.2, 0.25) is 0 Å². The molecule has 12 unspecified atom stereocenters. The summed E-state index contributed by atoms with van der Waals surface area (Å²) in [5, 5.41) is 75.3. The largest absolute Gasteiger partial charge is 0.506 e. The molecule has 0 spiro atoms. The van der Waals surface area contributed by atoms with Crippen molar-refractivity contribution >= 4 is 59.1 Å². The van der Waals surface area contributed by atoms with Crippen LogP contribution < -0.4 is 22.3 Å². The molecule has 3 heterocycles. The molecule has 24 nitrogen and oxygen atoms in total. The first kappa shape index (κ1) is 73.5. The van der Waals surface area contributed by atoms with Crippen molar-refractivity contribution in [2.24, 2.45) is 51.2 Å². The molecule has 0 aromatic heterocycles. The van der Waals surface area contributed by atoms with Crippen LogP contribution >= 0.6 is 0 Å². The number of anilines is 2. The number of phenols is 4. The van der Waals surface area contributed by atoms with Crippen LogP contribution in [0.1, 0.15) is 92.2 Å². The fraction of sp³-hybridized carbons (Fsp3) is 0.545. The van der Waals surface area contributed by atoms with Crippen LogP contribution in [0.15, 0.2) is 93.0 Å². The highest BCUT2D eigenvalue weighted by molar-refractivity contribution is 6.05. The van der Waals surface area contributed by atoms with Gasteiger partial charge in [-0.15, -0.1) is 0 Å². The van der Waals surface area contributed by atoms with Gasteiger partial charge in [0, 0.05) is 126 Å². The number of phenolic OH excluding ortho intramolecular Hbond substituents is 4. The maximum Gasteiger partial charge on any atom is 0.405 e. The van der Waals surface area contributed by atoms with Crippen molar-refractivity contribution in [3.05, 3.63) is 94.2 Å². The summed E-state index contributed by atoms with van der Waals surface area (Å²) < 4.78 is 28.4. The number of piperazine rings is 1. The van der Waals surface area contributed by atoms with E-state index < -0.39 is 84.4 Å². The highest BCUT2D eigenvalue weighted by Gasteiger charge is 2.34. The van der Waals surface area contributed by atoms with Gasteiger partial charge in [0.1, 0.15) is 46.4 Å². The zero-order valence-electron chi connectivity index (χ0n) is 54.1. The number of amides is 3. The number of aliphatic imine (C=N–C) groups is 2. The Bertz CT molecular complexity index is 3040. The number of benzene rings is 2. The minimum absolute atomic E-state index is 0.0249. The number of hydrogen-bond donors (Lipinski definition) is 10. The van der Waals surface area contributed by atoms with E-state index in [0.29, 0.717) is 61.0 Å². The van der Waals surface area contributed by atoms with Gasteiger partial charge >= 0.3 is 12.1 Å². The number of nitrogens with one attached hydrogen (secondary N) is 2. The van der Waals surface area contributed by atoms with Gasteiger partial charge in [0.2, 0.25) is 0 Å². The number of carbonyl (C=O) groups excluding carboxylic acids is 4. The monoisotopic (exact) mass is 1260 g/mol. The normalized spacial score (nSPS) is 27.1. The van der Waals surface area contributed by atoms with Gasteiger partial charge in [0.05, 0.1) is 41.9 Å². The number of nitrogens with two attached hydrogens (primary N) is 2. The van der Waals surface area contributed by atoms with Crippen molar-refractivity contribution in [2.45, 2.75) is 137 Å². The Hall–Kier alpha value is -7.26. The highest BCUT2D eigenvalue weighted by atomic mass is 16.7. The number of aliphatic hydroxyl groups excluding tert-OH is 2. The molecule has 2 aromatic rings. The van der Waals surface area contributed by atoms with Crippen molar-refractivity contribution < 1.29 is 78.3 Å². The number of nitrogens with zero attached hydrogens (tertiary/aromatic N) is 4. The molecule has 1 saturated heterocycles. The number of hydrogen-bond acceptors (Lipinski definition) is 21. The van der Waals surface area contributed by atoms with Crippen molar-refractivity contribution in [2.75, 3.05) is 78.3 Å². The second-order valence-corrected chi connectivity index (χ2v) is 23.8. The van der Waals surface area contributed by atoms with Crippen molar-refractivity contribution in [3.8, 4) is 23.0 Å². The molecule has 496 valence electrons. The Kier molecular flexibility index (Phi) is 28.9. The summed E-state index contributed by atoms with van der Waals surface area (Å²) in [5.41, 5.74) is 7.86. The van der Waals surface area contributed by atoms with E-state index in [1.54, 1.807) is 83.5 Å². The van der Waals surface area contributed by atoms with E-state index in [0.717, 1.165) is 26.2 Å². The number of primary amides is 1. The Labute approximate surface area is 528 Å². The fourth-order valence-electron chi connectivity index (χ4n) is 11.6. The Balaban J connectivity index is 1.29. The molecule has 1 fully saturated rings. The SMILES string of the molecule is COC1C=CC=C(C)C(=O)Nc2cc(O)c(N=CCCN3CCN(CCC=Nc4c(O)cc5c(O)c4CC(C)CC(OC)C(O)C(C)C=C(C)C(C(=O)ON)C(OC)C=CC=C(C)C(=O)N5)CC3)c(c2O)CC(C)CC(OC)C(O)C(C)C=C(C)C1OC(N)=O. The minimum atomic E-state index is -1.03. The first-order valence-electron chi connectivity index (χ1n) is 30.5. The lowest BCUT2D eigenvalue weighted by atomic mass is 9.86. The predicted molar refractivity (Wildman–Crippen MR) is 345 cm³/mol. The van der Waals surface area contributed by atoms with Gasteiger partial charge < -0.3 is 85.3 Å². The maximum absolute atomic E-state index is 13.5. The summed E-state index contributed by atoms with van der Waals surface area (Å²) in [6.07, 6.45) is 11.2. The van der Waals surface area contributed by atoms with E-state index in [1.807, 2.05) is 20.8 Å². The molecule has 90 heavy (non-hydrogen) atoms. The predicted octanol–water partition coefficient (Wildman–Crippen LogP) is 7.50. The molecule has 12 atom stereocenters. The number of aliphatic hydroxyl groups is 2. The number of carbonyl (C=O) groups is 4. The van der Waals surface area contributed by atoms with Crippen LogP contribution in [-0.4, -0.2) is 187 Å². The number of methoxy groups -OCH3 is 4. The molecule has 3 amide bonds. The average molecular weight is 1260 g/mol. The number of rotatable bonds is 14. The van der Waals surface area contributed by atoms with Crippen LogP contribution in [0.5, 0.6) is 23.0 Å². The summed E-state index contributed by atoms with van der Waals surface area (Å²) >= 11 is 0. The lowest BCUT2D eigenvalue weighted by Gasteiger charge is -2.34. The fourth-order valence-corrected chi connectivity index (χ4v) is 11.6. The molecular formula is C66H96N8O16. The maximum atomic E-state index is 13.5. The third kappa shape index (κ3) is 20.4. The molecule has 12 N–H and O–H groups in total. The smallest absolute Gasteiger partial charge is 0.405 e. The number of ether oxygens (including phenoxy) is 5. The lowest BCUT2D eigenvalue weighted by molar-refractivity contribution is -0.151. The number of fused-ring (bicyclic) bond motifs is 4. The average Bonchev–Trinajstić information content (AvgIpc) is 0.913. The summed E-state index contributed by atoms with van der Waals surface area (Å²) in [6.45, 7) is 18.4. The molecule has 4 bridgehead atoms. The highest BCUT2D eigenvalue weighted by Crippen LogP contribution is 2.46. The van der Waals surface area contributed by atoms with Gasteiger partial charge in [-0.1, -0.05) is 81.9 Å².